The van der Waals surface area contributed by atoms with Crippen LogP contribution in [0.3, 0.4) is 0 Å². The number of unbranched alkanes of at least 4 members (excludes halogenated alkanes) is 1. The molecule has 0 aliphatic rings. The molecule has 0 radical (unpaired) electrons. The van der Waals surface area contributed by atoms with Gasteiger partial charge in [-0.2, -0.15) is 5.10 Å². The smallest absolute Gasteiger partial charge is 0.180 e. The van der Waals surface area contributed by atoms with Crippen molar-refractivity contribution in [3.8, 4) is 22.6 Å². The molecule has 0 spiro atoms. The molecular formula is C22H26N8. The predicted molar refractivity (Wildman–Crippen MR) is 115 cm³/mol. The van der Waals surface area contributed by atoms with Crippen molar-refractivity contribution < 1.29 is 0 Å². The fourth-order valence-electron chi connectivity index (χ4n) is 3.45. The van der Waals surface area contributed by atoms with Gasteiger partial charge in [-0.25, -0.2) is 14.8 Å². The third-order valence-electron chi connectivity index (χ3n) is 4.97. The highest BCUT2D eigenvalue weighted by atomic mass is 15.5. The fraction of sp³-hybridized carbons (Fsp3) is 0.364. The summed E-state index contributed by atoms with van der Waals surface area (Å²) in [7, 11) is 0. The highest BCUT2D eigenvalue weighted by Crippen LogP contribution is 2.28. The van der Waals surface area contributed by atoms with E-state index in [9.17, 15) is 0 Å². The number of nitrogens with one attached hydrogen (secondary N) is 1. The summed E-state index contributed by atoms with van der Waals surface area (Å²) < 4.78 is 2.05. The first-order valence-electron chi connectivity index (χ1n) is 10.5. The quantitative estimate of drug-likeness (QED) is 0.456. The normalized spacial score (nSPS) is 11.1. The van der Waals surface area contributed by atoms with E-state index in [0.717, 1.165) is 72.7 Å². The third-order valence-corrected chi connectivity index (χ3v) is 4.97. The van der Waals surface area contributed by atoms with Gasteiger partial charge in [0.1, 0.15) is 5.82 Å². The zero-order valence-electron chi connectivity index (χ0n) is 17.4. The first kappa shape index (κ1) is 19.9. The second-order valence-corrected chi connectivity index (χ2v) is 7.29. The molecule has 0 aliphatic carbocycles. The lowest BCUT2D eigenvalue weighted by molar-refractivity contribution is 0.569. The topological polar surface area (TPSA) is 98.1 Å². The summed E-state index contributed by atoms with van der Waals surface area (Å²) in [5.41, 5.74) is 3.90. The zero-order valence-corrected chi connectivity index (χ0v) is 17.4. The van der Waals surface area contributed by atoms with E-state index < -0.39 is 0 Å². The Hall–Kier alpha value is -3.42. The minimum Gasteiger partial charge on any atom is -0.256 e. The minimum absolute atomic E-state index is 0.628. The number of aryl methyl sites for hydroxylation is 2. The Morgan fingerprint density at radius 1 is 1.00 bits per heavy atom. The molecule has 3 heterocycles. The summed E-state index contributed by atoms with van der Waals surface area (Å²) in [5.74, 6) is 2.58. The zero-order chi connectivity index (χ0) is 20.8. The molecule has 8 nitrogen and oxygen atoms in total. The van der Waals surface area contributed by atoms with Gasteiger partial charge in [-0.15, -0.1) is 5.10 Å². The number of rotatable bonds is 9. The molecule has 0 fully saturated rings. The van der Waals surface area contributed by atoms with Crippen molar-refractivity contribution in [2.45, 2.75) is 52.5 Å². The maximum atomic E-state index is 4.79. The van der Waals surface area contributed by atoms with Crippen molar-refractivity contribution in [1.82, 2.24) is 40.4 Å². The van der Waals surface area contributed by atoms with Crippen molar-refractivity contribution in [1.29, 1.82) is 0 Å². The van der Waals surface area contributed by atoms with Crippen molar-refractivity contribution in [2.75, 3.05) is 0 Å². The monoisotopic (exact) mass is 402 g/mol. The number of hydrogen-bond acceptors (Lipinski definition) is 6. The highest BCUT2D eigenvalue weighted by Gasteiger charge is 2.13. The molecule has 0 amide bonds. The van der Waals surface area contributed by atoms with Crippen molar-refractivity contribution in [2.24, 2.45) is 0 Å². The van der Waals surface area contributed by atoms with Crippen molar-refractivity contribution in [3.63, 3.8) is 0 Å². The van der Waals surface area contributed by atoms with E-state index in [0.29, 0.717) is 5.82 Å². The summed E-state index contributed by atoms with van der Waals surface area (Å²) in [5, 5.41) is 18.9. The molecule has 3 aromatic heterocycles. The van der Waals surface area contributed by atoms with Crippen LogP contribution in [0, 0.1) is 0 Å². The first-order chi connectivity index (χ1) is 14.8. The number of aromatic nitrogens is 8. The van der Waals surface area contributed by atoms with Gasteiger partial charge in [0.05, 0.1) is 5.69 Å². The van der Waals surface area contributed by atoms with Crippen molar-refractivity contribution in [3.05, 3.63) is 59.8 Å². The summed E-state index contributed by atoms with van der Waals surface area (Å²) >= 11 is 0. The molecule has 0 saturated carbocycles. The van der Waals surface area contributed by atoms with Crippen molar-refractivity contribution >= 4 is 0 Å². The summed E-state index contributed by atoms with van der Waals surface area (Å²) in [6.07, 6.45) is 6.88. The van der Waals surface area contributed by atoms with E-state index in [1.807, 2.05) is 41.2 Å². The molecule has 0 unspecified atom stereocenters. The molecule has 0 aliphatic heterocycles. The van der Waals surface area contributed by atoms with Gasteiger partial charge in [0, 0.05) is 36.7 Å². The van der Waals surface area contributed by atoms with Gasteiger partial charge < -0.3 is 0 Å². The Bertz CT molecular complexity index is 1070. The first-order valence-corrected chi connectivity index (χ1v) is 10.5. The SMILES string of the molecule is CCCCc1nc(Cc2ccc(-c3ccccc3-c3nnn[nH]3)nc2)n(CCC)n1. The van der Waals surface area contributed by atoms with Gasteiger partial charge in [-0.05, 0) is 34.9 Å². The number of aromatic amines is 1. The van der Waals surface area contributed by atoms with Crippen LogP contribution in [0.1, 0.15) is 50.3 Å². The lowest BCUT2D eigenvalue weighted by Gasteiger charge is -2.08. The van der Waals surface area contributed by atoms with Gasteiger partial charge in [0.25, 0.3) is 0 Å². The van der Waals surface area contributed by atoms with E-state index in [2.05, 4.69) is 40.5 Å². The minimum atomic E-state index is 0.628. The van der Waals surface area contributed by atoms with Crippen LogP contribution in [-0.2, 0) is 19.4 Å². The Kier molecular flexibility index (Phi) is 6.22. The lowest BCUT2D eigenvalue weighted by Crippen LogP contribution is -2.06. The molecule has 0 saturated heterocycles. The molecule has 30 heavy (non-hydrogen) atoms. The van der Waals surface area contributed by atoms with Crippen LogP contribution in [0.2, 0.25) is 0 Å². The Labute approximate surface area is 175 Å². The fourth-order valence-corrected chi connectivity index (χ4v) is 3.45. The van der Waals surface area contributed by atoms with Crippen LogP contribution in [0.4, 0.5) is 0 Å². The lowest BCUT2D eigenvalue weighted by atomic mass is 10.0. The van der Waals surface area contributed by atoms with Crippen LogP contribution >= 0.6 is 0 Å². The molecule has 1 N–H and O–H groups in total. The summed E-state index contributed by atoms with van der Waals surface area (Å²) in [6, 6.07) is 12.1. The highest BCUT2D eigenvalue weighted by molar-refractivity contribution is 5.78. The second-order valence-electron chi connectivity index (χ2n) is 7.29. The molecule has 0 bridgehead atoms. The van der Waals surface area contributed by atoms with E-state index in [4.69, 9.17) is 15.1 Å². The van der Waals surface area contributed by atoms with Gasteiger partial charge in [-0.1, -0.05) is 50.6 Å². The number of tetrazole rings is 1. The van der Waals surface area contributed by atoms with Gasteiger partial charge in [-0.3, -0.25) is 4.98 Å². The van der Waals surface area contributed by atoms with E-state index in [1.54, 1.807) is 0 Å². The number of hydrogen-bond donors (Lipinski definition) is 1. The summed E-state index contributed by atoms with van der Waals surface area (Å²) in [4.78, 5) is 9.50. The molecule has 4 aromatic rings. The van der Waals surface area contributed by atoms with Crippen LogP contribution < -0.4 is 0 Å². The summed E-state index contributed by atoms with van der Waals surface area (Å²) in [6.45, 7) is 5.24. The maximum Gasteiger partial charge on any atom is 0.180 e. The average molecular weight is 403 g/mol. The van der Waals surface area contributed by atoms with Crippen LogP contribution in [-0.4, -0.2) is 40.4 Å². The number of benzene rings is 1. The number of H-pyrrole nitrogens is 1. The van der Waals surface area contributed by atoms with Gasteiger partial charge in [0.15, 0.2) is 11.6 Å². The van der Waals surface area contributed by atoms with Gasteiger partial charge >= 0.3 is 0 Å². The Balaban J connectivity index is 1.56. The van der Waals surface area contributed by atoms with E-state index in [-0.39, 0.29) is 0 Å². The Morgan fingerprint density at radius 2 is 1.87 bits per heavy atom. The number of pyridine rings is 1. The van der Waals surface area contributed by atoms with E-state index >= 15 is 0 Å². The van der Waals surface area contributed by atoms with E-state index in [1.165, 1.54) is 0 Å². The van der Waals surface area contributed by atoms with Crippen LogP contribution in [0.5, 0.6) is 0 Å². The molecular weight excluding hydrogens is 376 g/mol. The number of nitrogens with zero attached hydrogens (tertiary/aromatic N) is 7. The predicted octanol–water partition coefficient (Wildman–Crippen LogP) is 3.86. The molecule has 8 heteroatoms. The average Bonchev–Trinajstić information content (AvgIpc) is 3.44. The largest absolute Gasteiger partial charge is 0.256 e. The standard InChI is InChI=1S/C22H26N8/c1-3-5-10-20-24-21(30(27-20)13-4-2)14-16-11-12-19(23-15-16)17-8-6-7-9-18(17)22-25-28-29-26-22/h6-9,11-12,15H,3-5,10,13-14H2,1-2H3,(H,25,26,28,29). The molecule has 0 atom stereocenters. The molecule has 4 rings (SSSR count). The maximum absolute atomic E-state index is 4.79. The van der Waals surface area contributed by atoms with Crippen LogP contribution in [0.25, 0.3) is 22.6 Å². The van der Waals surface area contributed by atoms with Gasteiger partial charge in [0.2, 0.25) is 0 Å². The Morgan fingerprint density at radius 3 is 2.57 bits per heavy atom. The second kappa shape index (κ2) is 9.39. The molecule has 1 aromatic carbocycles. The van der Waals surface area contributed by atoms with Crippen LogP contribution in [0.15, 0.2) is 42.6 Å². The molecule has 154 valence electrons. The third kappa shape index (κ3) is 4.42.